The number of thiophene rings is 1. The molecule has 0 radical (unpaired) electrons. The molecule has 1 heterocycles. The first kappa shape index (κ1) is 17.7. The molecule has 0 unspecified atom stereocenters. The molecule has 6 heteroatoms. The van der Waals surface area contributed by atoms with Crippen LogP contribution in [0.1, 0.15) is 40.2 Å². The summed E-state index contributed by atoms with van der Waals surface area (Å²) in [6.07, 6.45) is 0.755. The largest absolute Gasteiger partial charge is 0.451 e. The van der Waals surface area contributed by atoms with E-state index in [1.165, 1.54) is 11.3 Å². The van der Waals surface area contributed by atoms with Gasteiger partial charge in [0.2, 0.25) is 0 Å². The zero-order valence-electron chi connectivity index (χ0n) is 13.0. The van der Waals surface area contributed by atoms with Gasteiger partial charge in [-0.2, -0.15) is 0 Å². The molecule has 23 heavy (non-hydrogen) atoms. The minimum absolute atomic E-state index is 0.0993. The van der Waals surface area contributed by atoms with Crippen LogP contribution in [0.25, 0.3) is 0 Å². The van der Waals surface area contributed by atoms with E-state index in [0.29, 0.717) is 4.88 Å². The van der Waals surface area contributed by atoms with Gasteiger partial charge < -0.3 is 10.1 Å². The van der Waals surface area contributed by atoms with E-state index in [2.05, 4.69) is 21.2 Å². The van der Waals surface area contributed by atoms with Crippen molar-refractivity contribution in [2.24, 2.45) is 0 Å². The van der Waals surface area contributed by atoms with Crippen LogP contribution in [0.4, 0.5) is 0 Å². The Labute approximate surface area is 148 Å². The van der Waals surface area contributed by atoms with Gasteiger partial charge in [-0.15, -0.1) is 11.3 Å². The van der Waals surface area contributed by atoms with Gasteiger partial charge in [0.15, 0.2) is 6.61 Å². The summed E-state index contributed by atoms with van der Waals surface area (Å²) in [6.45, 7) is 3.56. The molecule has 1 aromatic carbocycles. The number of rotatable bonds is 6. The number of aryl methyl sites for hydroxylation is 1. The highest BCUT2D eigenvalue weighted by atomic mass is 79.9. The summed E-state index contributed by atoms with van der Waals surface area (Å²) in [5.74, 6) is -0.758. The van der Waals surface area contributed by atoms with Crippen LogP contribution in [0.2, 0.25) is 0 Å². The zero-order valence-corrected chi connectivity index (χ0v) is 15.4. The first-order valence-electron chi connectivity index (χ1n) is 7.27. The second-order valence-electron chi connectivity index (χ2n) is 5.09. The van der Waals surface area contributed by atoms with Gasteiger partial charge in [-0.05, 0) is 48.1 Å². The molecular formula is C17H18BrNO3S. The average Bonchev–Trinajstić information content (AvgIpc) is 2.97. The highest BCUT2D eigenvalue weighted by Gasteiger charge is 2.16. The number of hydrogen-bond donors (Lipinski definition) is 1. The Morgan fingerprint density at radius 2 is 1.96 bits per heavy atom. The second kappa shape index (κ2) is 8.26. The SMILES string of the molecule is CC[C@H](NC(=O)COC(=O)c1sccc1C)c1ccc(Br)cc1. The van der Waals surface area contributed by atoms with Crippen molar-refractivity contribution in [1.29, 1.82) is 0 Å². The van der Waals surface area contributed by atoms with E-state index in [-0.39, 0.29) is 18.6 Å². The standard InChI is InChI=1S/C17H18BrNO3S/c1-3-14(12-4-6-13(18)7-5-12)19-15(20)10-22-17(21)16-11(2)8-9-23-16/h4-9,14H,3,10H2,1-2H3,(H,19,20)/t14-/m0/s1. The summed E-state index contributed by atoms with van der Waals surface area (Å²) in [6, 6.07) is 9.53. The van der Waals surface area contributed by atoms with Crippen LogP contribution >= 0.6 is 27.3 Å². The number of hydrogen-bond acceptors (Lipinski definition) is 4. The molecule has 122 valence electrons. The Hall–Kier alpha value is -1.66. The highest BCUT2D eigenvalue weighted by Crippen LogP contribution is 2.20. The Kier molecular flexibility index (Phi) is 6.36. The normalized spacial score (nSPS) is 11.8. The van der Waals surface area contributed by atoms with Crippen molar-refractivity contribution in [2.75, 3.05) is 6.61 Å². The second-order valence-corrected chi connectivity index (χ2v) is 6.92. The topological polar surface area (TPSA) is 55.4 Å². The van der Waals surface area contributed by atoms with Crippen LogP contribution < -0.4 is 5.32 Å². The lowest BCUT2D eigenvalue weighted by atomic mass is 10.0. The Morgan fingerprint density at radius 1 is 1.26 bits per heavy atom. The van der Waals surface area contributed by atoms with E-state index in [1.807, 2.05) is 49.6 Å². The molecule has 4 nitrogen and oxygen atoms in total. The van der Waals surface area contributed by atoms with E-state index in [0.717, 1.165) is 22.0 Å². The lowest BCUT2D eigenvalue weighted by molar-refractivity contribution is -0.125. The first-order valence-corrected chi connectivity index (χ1v) is 8.94. The van der Waals surface area contributed by atoms with Crippen LogP contribution in [0.5, 0.6) is 0 Å². The van der Waals surface area contributed by atoms with Crippen molar-refractivity contribution in [3.05, 3.63) is 56.2 Å². The average molecular weight is 396 g/mol. The van der Waals surface area contributed by atoms with Gasteiger partial charge in [-0.3, -0.25) is 4.79 Å². The molecule has 0 fully saturated rings. The summed E-state index contributed by atoms with van der Waals surface area (Å²) in [4.78, 5) is 24.5. The molecule has 0 saturated heterocycles. The van der Waals surface area contributed by atoms with Crippen molar-refractivity contribution in [1.82, 2.24) is 5.32 Å². The number of amides is 1. The number of carbonyl (C=O) groups is 2. The van der Waals surface area contributed by atoms with Crippen LogP contribution in [0, 0.1) is 6.92 Å². The Balaban J connectivity index is 1.89. The monoisotopic (exact) mass is 395 g/mol. The van der Waals surface area contributed by atoms with E-state index in [4.69, 9.17) is 4.74 Å². The minimum atomic E-state index is -0.454. The molecule has 0 aliphatic rings. The van der Waals surface area contributed by atoms with Gasteiger partial charge >= 0.3 is 5.97 Å². The summed E-state index contributed by atoms with van der Waals surface area (Å²) in [5.41, 5.74) is 1.88. The molecule has 0 spiro atoms. The van der Waals surface area contributed by atoms with Crippen LogP contribution in [-0.2, 0) is 9.53 Å². The number of esters is 1. The van der Waals surface area contributed by atoms with Gasteiger partial charge in [-0.25, -0.2) is 4.79 Å². The summed E-state index contributed by atoms with van der Waals surface area (Å²) in [5, 5.41) is 4.72. The smallest absolute Gasteiger partial charge is 0.349 e. The molecular weight excluding hydrogens is 378 g/mol. The van der Waals surface area contributed by atoms with Gasteiger partial charge in [-0.1, -0.05) is 35.0 Å². The molecule has 1 aromatic heterocycles. The lowest BCUT2D eigenvalue weighted by Gasteiger charge is -2.17. The van der Waals surface area contributed by atoms with Crippen molar-refractivity contribution < 1.29 is 14.3 Å². The van der Waals surface area contributed by atoms with E-state index < -0.39 is 5.97 Å². The van der Waals surface area contributed by atoms with Crippen molar-refractivity contribution in [3.8, 4) is 0 Å². The molecule has 0 aliphatic carbocycles. The quantitative estimate of drug-likeness (QED) is 0.743. The fourth-order valence-electron chi connectivity index (χ4n) is 2.13. The predicted molar refractivity (Wildman–Crippen MR) is 94.7 cm³/mol. The molecule has 1 amide bonds. The maximum absolute atomic E-state index is 12.0. The van der Waals surface area contributed by atoms with Crippen molar-refractivity contribution >= 4 is 39.1 Å². The van der Waals surface area contributed by atoms with Crippen molar-refractivity contribution in [2.45, 2.75) is 26.3 Å². The third kappa shape index (κ3) is 4.91. The summed E-state index contributed by atoms with van der Waals surface area (Å²) in [7, 11) is 0. The fraction of sp³-hybridized carbons (Fsp3) is 0.294. The third-order valence-corrected chi connectivity index (χ3v) is 4.92. The molecule has 1 atom stereocenters. The Bertz CT molecular complexity index is 681. The molecule has 2 rings (SSSR count). The number of ether oxygens (including phenoxy) is 1. The van der Waals surface area contributed by atoms with Gasteiger partial charge in [0.25, 0.3) is 5.91 Å². The third-order valence-electron chi connectivity index (χ3n) is 3.40. The van der Waals surface area contributed by atoms with Gasteiger partial charge in [0.1, 0.15) is 4.88 Å². The number of carbonyl (C=O) groups excluding carboxylic acids is 2. The van der Waals surface area contributed by atoms with Gasteiger partial charge in [0, 0.05) is 4.47 Å². The Morgan fingerprint density at radius 3 is 2.52 bits per heavy atom. The highest BCUT2D eigenvalue weighted by molar-refractivity contribution is 9.10. The lowest BCUT2D eigenvalue weighted by Crippen LogP contribution is -2.32. The summed E-state index contributed by atoms with van der Waals surface area (Å²) >= 11 is 4.70. The fourth-order valence-corrected chi connectivity index (χ4v) is 3.21. The van der Waals surface area contributed by atoms with Crippen LogP contribution in [0.3, 0.4) is 0 Å². The van der Waals surface area contributed by atoms with E-state index >= 15 is 0 Å². The number of benzene rings is 1. The van der Waals surface area contributed by atoms with E-state index in [9.17, 15) is 9.59 Å². The van der Waals surface area contributed by atoms with Crippen LogP contribution in [0.15, 0.2) is 40.2 Å². The molecule has 2 aromatic rings. The predicted octanol–water partition coefficient (Wildman–Crippen LogP) is 4.24. The van der Waals surface area contributed by atoms with Crippen LogP contribution in [-0.4, -0.2) is 18.5 Å². The number of nitrogens with one attached hydrogen (secondary N) is 1. The zero-order chi connectivity index (χ0) is 16.8. The molecule has 0 aliphatic heterocycles. The number of halogens is 1. The maximum Gasteiger partial charge on any atom is 0.349 e. The molecule has 0 bridgehead atoms. The maximum atomic E-state index is 12.0. The summed E-state index contributed by atoms with van der Waals surface area (Å²) < 4.78 is 6.07. The van der Waals surface area contributed by atoms with E-state index in [1.54, 1.807) is 0 Å². The first-order chi connectivity index (χ1) is 11.0. The molecule has 1 N–H and O–H groups in total. The van der Waals surface area contributed by atoms with Crippen molar-refractivity contribution in [3.63, 3.8) is 0 Å². The minimum Gasteiger partial charge on any atom is -0.451 e. The molecule has 0 saturated carbocycles. The van der Waals surface area contributed by atoms with Gasteiger partial charge in [0.05, 0.1) is 6.04 Å².